The van der Waals surface area contributed by atoms with E-state index in [0.29, 0.717) is 6.04 Å². The van der Waals surface area contributed by atoms with E-state index in [-0.39, 0.29) is 0 Å². The molecule has 2 nitrogen and oxygen atoms in total. The molecular weight excluding hydrogens is 161 g/mol. The van der Waals surface area contributed by atoms with Gasteiger partial charge < -0.3 is 10.3 Å². The van der Waals surface area contributed by atoms with Gasteiger partial charge in [0, 0.05) is 11.7 Å². The van der Waals surface area contributed by atoms with Crippen molar-refractivity contribution in [2.75, 3.05) is 5.32 Å². The van der Waals surface area contributed by atoms with Crippen molar-refractivity contribution in [2.24, 2.45) is 0 Å². The van der Waals surface area contributed by atoms with Crippen LogP contribution in [0, 0.1) is 0 Å². The zero-order chi connectivity index (χ0) is 9.84. The van der Waals surface area contributed by atoms with Gasteiger partial charge in [-0.05, 0) is 25.4 Å². The third kappa shape index (κ3) is 2.78. The minimum atomic E-state index is -0.414. The summed E-state index contributed by atoms with van der Waals surface area (Å²) in [6.07, 6.45) is 0. The summed E-state index contributed by atoms with van der Waals surface area (Å²) in [6.45, 7) is 5.53. The monoisotopic (exact) mass is 177 g/mol. The second kappa shape index (κ2) is 4.33. The Hall–Kier alpha value is -0.955. The van der Waals surface area contributed by atoms with Crippen LogP contribution in [0.4, 0.5) is 5.69 Å². The second-order valence-electron chi connectivity index (χ2n) is 3.56. The highest BCUT2D eigenvalue weighted by Gasteiger charge is 2.11. The summed E-state index contributed by atoms with van der Waals surface area (Å²) in [6, 6.07) is 8.22. The number of anilines is 1. The van der Waals surface area contributed by atoms with Crippen LogP contribution in [0.1, 0.15) is 13.8 Å². The third-order valence-electron chi connectivity index (χ3n) is 1.86. The van der Waals surface area contributed by atoms with E-state index in [2.05, 4.69) is 19.2 Å². The molecule has 0 fully saturated rings. The van der Waals surface area contributed by atoms with Gasteiger partial charge in [0.1, 0.15) is 0 Å². The summed E-state index contributed by atoms with van der Waals surface area (Å²) >= 11 is 0. The van der Waals surface area contributed by atoms with Crippen LogP contribution < -0.4 is 10.8 Å². The molecule has 0 aliphatic rings. The molecule has 0 heterocycles. The number of nitrogens with one attached hydrogen (secondary N) is 1. The smallest absolute Gasteiger partial charge is 0.322 e. The van der Waals surface area contributed by atoms with E-state index in [1.165, 1.54) is 0 Å². The predicted molar refractivity (Wildman–Crippen MR) is 58.7 cm³/mol. The fourth-order valence-electron chi connectivity index (χ4n) is 1.30. The van der Waals surface area contributed by atoms with Crippen LogP contribution in [-0.4, -0.2) is 18.0 Å². The molecule has 0 saturated carbocycles. The maximum atomic E-state index is 9.48. The van der Waals surface area contributed by atoms with Crippen LogP contribution >= 0.6 is 0 Å². The standard InChI is InChI=1S/C10H16BNO/c1-8(2)12-10-7-5-4-6-9(10)11(3)13/h4-8,12-13H,1-3H3. The molecule has 2 N–H and O–H groups in total. The van der Waals surface area contributed by atoms with Gasteiger partial charge in [-0.1, -0.05) is 25.0 Å². The van der Waals surface area contributed by atoms with Crippen molar-refractivity contribution in [1.82, 2.24) is 0 Å². The lowest BCUT2D eigenvalue weighted by molar-refractivity contribution is 0.594. The Kier molecular flexibility index (Phi) is 3.37. The fraction of sp³-hybridized carbons (Fsp3) is 0.400. The first-order chi connectivity index (χ1) is 6.11. The first-order valence-electron chi connectivity index (χ1n) is 4.64. The van der Waals surface area contributed by atoms with E-state index in [9.17, 15) is 5.02 Å². The largest absolute Gasteiger partial charge is 0.446 e. The van der Waals surface area contributed by atoms with Crippen LogP contribution in [0.15, 0.2) is 24.3 Å². The number of hydrogen-bond acceptors (Lipinski definition) is 2. The van der Waals surface area contributed by atoms with Crippen molar-refractivity contribution >= 4 is 18.1 Å². The summed E-state index contributed by atoms with van der Waals surface area (Å²) in [5, 5.41) is 12.8. The molecule has 0 atom stereocenters. The first-order valence-corrected chi connectivity index (χ1v) is 4.64. The second-order valence-corrected chi connectivity index (χ2v) is 3.56. The number of benzene rings is 1. The highest BCUT2D eigenvalue weighted by atomic mass is 16.2. The zero-order valence-corrected chi connectivity index (χ0v) is 8.41. The van der Waals surface area contributed by atoms with Crippen molar-refractivity contribution in [3.63, 3.8) is 0 Å². The molecule has 0 spiro atoms. The molecule has 3 heteroatoms. The molecule has 1 aromatic rings. The number of para-hydroxylation sites is 1. The van der Waals surface area contributed by atoms with Crippen LogP contribution in [0.5, 0.6) is 0 Å². The molecule has 0 unspecified atom stereocenters. The van der Waals surface area contributed by atoms with E-state index in [4.69, 9.17) is 0 Å². The number of hydrogen-bond donors (Lipinski definition) is 2. The Morgan fingerprint density at radius 3 is 2.46 bits per heavy atom. The molecule has 0 aliphatic carbocycles. The lowest BCUT2D eigenvalue weighted by Gasteiger charge is -2.14. The summed E-state index contributed by atoms with van der Waals surface area (Å²) < 4.78 is 0. The van der Waals surface area contributed by atoms with E-state index < -0.39 is 6.92 Å². The topological polar surface area (TPSA) is 32.3 Å². The lowest BCUT2D eigenvalue weighted by atomic mass is 9.63. The minimum absolute atomic E-state index is 0.389. The minimum Gasteiger partial charge on any atom is -0.446 e. The normalized spacial score (nSPS) is 10.2. The Labute approximate surface area is 80.1 Å². The van der Waals surface area contributed by atoms with Crippen molar-refractivity contribution < 1.29 is 5.02 Å². The summed E-state index contributed by atoms with van der Waals surface area (Å²) in [5.74, 6) is 0. The van der Waals surface area contributed by atoms with Crippen molar-refractivity contribution in [1.29, 1.82) is 0 Å². The van der Waals surface area contributed by atoms with Crippen molar-refractivity contribution in [3.05, 3.63) is 24.3 Å². The molecule has 13 heavy (non-hydrogen) atoms. The average Bonchev–Trinajstić information content (AvgIpc) is 2.03. The van der Waals surface area contributed by atoms with Gasteiger partial charge in [0.2, 0.25) is 0 Å². The SMILES string of the molecule is CB(O)c1ccccc1NC(C)C. The van der Waals surface area contributed by atoms with E-state index in [0.717, 1.165) is 11.2 Å². The van der Waals surface area contributed by atoms with Gasteiger partial charge >= 0.3 is 6.92 Å². The Morgan fingerprint density at radius 2 is 1.92 bits per heavy atom. The first kappa shape index (κ1) is 10.1. The highest BCUT2D eigenvalue weighted by Crippen LogP contribution is 2.05. The molecule has 0 bridgehead atoms. The third-order valence-corrected chi connectivity index (χ3v) is 1.86. The Bertz CT molecular complexity index is 273. The average molecular weight is 177 g/mol. The van der Waals surface area contributed by atoms with Crippen molar-refractivity contribution in [2.45, 2.75) is 26.7 Å². The van der Waals surface area contributed by atoms with E-state index in [1.807, 2.05) is 24.3 Å². The Morgan fingerprint density at radius 1 is 1.31 bits per heavy atom. The maximum Gasteiger partial charge on any atom is 0.322 e. The number of rotatable bonds is 3. The van der Waals surface area contributed by atoms with Gasteiger partial charge in [-0.2, -0.15) is 0 Å². The molecule has 1 rings (SSSR count). The van der Waals surface area contributed by atoms with Gasteiger partial charge in [0.25, 0.3) is 0 Å². The van der Waals surface area contributed by atoms with Crippen LogP contribution in [-0.2, 0) is 0 Å². The lowest BCUT2D eigenvalue weighted by Crippen LogP contribution is -2.30. The molecule has 0 saturated heterocycles. The van der Waals surface area contributed by atoms with E-state index in [1.54, 1.807) is 6.82 Å². The fourth-order valence-corrected chi connectivity index (χ4v) is 1.30. The summed E-state index contributed by atoms with van der Waals surface area (Å²) in [4.78, 5) is 0. The Balaban J connectivity index is 2.91. The van der Waals surface area contributed by atoms with Gasteiger partial charge in [0.05, 0.1) is 0 Å². The van der Waals surface area contributed by atoms with Gasteiger partial charge in [-0.3, -0.25) is 0 Å². The zero-order valence-electron chi connectivity index (χ0n) is 8.41. The van der Waals surface area contributed by atoms with Gasteiger partial charge in [0.15, 0.2) is 0 Å². The van der Waals surface area contributed by atoms with Crippen LogP contribution in [0.2, 0.25) is 6.82 Å². The predicted octanol–water partition coefficient (Wildman–Crippen LogP) is 1.33. The van der Waals surface area contributed by atoms with Crippen LogP contribution in [0.25, 0.3) is 0 Å². The molecule has 0 radical (unpaired) electrons. The summed E-state index contributed by atoms with van der Waals surface area (Å²) in [5.41, 5.74) is 1.98. The van der Waals surface area contributed by atoms with Crippen molar-refractivity contribution in [3.8, 4) is 0 Å². The summed E-state index contributed by atoms with van der Waals surface area (Å²) in [7, 11) is 0. The molecule has 1 aromatic carbocycles. The van der Waals surface area contributed by atoms with Gasteiger partial charge in [-0.25, -0.2) is 0 Å². The molecule has 70 valence electrons. The quantitative estimate of drug-likeness (QED) is 0.682. The molecule has 0 aliphatic heterocycles. The van der Waals surface area contributed by atoms with Gasteiger partial charge in [-0.15, -0.1) is 0 Å². The molecule has 0 aromatic heterocycles. The highest BCUT2D eigenvalue weighted by molar-refractivity contribution is 6.66. The molecular formula is C10H16BNO. The maximum absolute atomic E-state index is 9.48. The molecule has 0 amide bonds. The van der Waals surface area contributed by atoms with Crippen LogP contribution in [0.3, 0.4) is 0 Å². The van der Waals surface area contributed by atoms with E-state index >= 15 is 0 Å².